The maximum absolute atomic E-state index is 12.2. The first-order valence-corrected chi connectivity index (χ1v) is 23.1. The van der Waals surface area contributed by atoms with Crippen molar-refractivity contribution in [3.63, 3.8) is 0 Å². The van der Waals surface area contributed by atoms with Crippen molar-refractivity contribution >= 4 is 61.8 Å². The van der Waals surface area contributed by atoms with Gasteiger partial charge in [0.1, 0.15) is 22.8 Å². The standard InChI is InChI=1S/2C19H18N4O2.C16H10F3N3O2/c20-19(24)17-6-3-14-11-21-12-16(18(14)22-17)13-1-4-15(5-2-13)23-7-9-25-10-8-23;20-19(24)17-5-4-14-11-21-12-16(18(14)22-17)13-2-1-3-15(10-13)23-6-8-25-9-7-23;17-16(18,19)24-11-4-1-9(2-5-11)12-8-21-7-10-3-6-13(15(20)23)22-14(10)12/h1-6,11-12H,7-10H2,(H2,20,24);1-5,10-12H,6-9H2,(H2,20,24);1-8H,(H2,20,23). The predicted octanol–water partition coefficient (Wildman–Crippen LogP) is 7.76. The lowest BCUT2D eigenvalue weighted by molar-refractivity contribution is -0.274. The molecule has 8 heterocycles. The van der Waals surface area contributed by atoms with E-state index in [1.54, 1.807) is 49.2 Å². The number of anilines is 2. The number of hydrogen-bond acceptors (Lipinski definition) is 14. The van der Waals surface area contributed by atoms with Crippen LogP contribution in [-0.2, 0) is 9.47 Å². The van der Waals surface area contributed by atoms with E-state index >= 15 is 0 Å². The summed E-state index contributed by atoms with van der Waals surface area (Å²) in [5.41, 5.74) is 25.7. The van der Waals surface area contributed by atoms with Gasteiger partial charge < -0.3 is 41.2 Å². The second-order valence-electron chi connectivity index (χ2n) is 16.8. The summed E-state index contributed by atoms with van der Waals surface area (Å²) in [7, 11) is 0. The molecular weight excluding hydrogens is 956 g/mol. The number of alkyl halides is 3. The van der Waals surface area contributed by atoms with Crippen molar-refractivity contribution in [2.45, 2.75) is 6.36 Å². The van der Waals surface area contributed by atoms with Gasteiger partial charge in [-0.1, -0.05) is 36.4 Å². The van der Waals surface area contributed by atoms with E-state index in [4.69, 9.17) is 26.7 Å². The van der Waals surface area contributed by atoms with E-state index in [0.717, 1.165) is 102 Å². The first kappa shape index (κ1) is 49.8. The van der Waals surface area contributed by atoms with Crippen LogP contribution in [-0.4, -0.2) is 107 Å². The molecule has 0 radical (unpaired) electrons. The molecule has 0 bridgehead atoms. The molecule has 6 aromatic heterocycles. The lowest BCUT2D eigenvalue weighted by Gasteiger charge is -2.29. The van der Waals surface area contributed by atoms with Crippen LogP contribution >= 0.6 is 0 Å². The Bertz CT molecular complexity index is 3500. The Kier molecular flexibility index (Phi) is 14.9. The third-order valence-corrected chi connectivity index (χ3v) is 12.0. The van der Waals surface area contributed by atoms with Gasteiger partial charge in [-0.05, 0) is 89.5 Å². The van der Waals surface area contributed by atoms with Crippen LogP contribution in [0.4, 0.5) is 24.5 Å². The topological polar surface area (TPSA) is 241 Å². The Hall–Kier alpha value is -9.14. The molecule has 11 rings (SSSR count). The largest absolute Gasteiger partial charge is 0.573 e. The fourth-order valence-electron chi connectivity index (χ4n) is 8.38. The van der Waals surface area contributed by atoms with Gasteiger partial charge in [-0.15, -0.1) is 13.2 Å². The monoisotopic (exact) mass is 1000 g/mol. The van der Waals surface area contributed by atoms with Gasteiger partial charge in [0.2, 0.25) is 0 Å². The highest BCUT2D eigenvalue weighted by atomic mass is 19.4. The molecule has 3 amide bonds. The molecule has 2 aliphatic rings. The number of carbonyl (C=O) groups excluding carboxylic acids is 3. The van der Waals surface area contributed by atoms with Gasteiger partial charge in [-0.3, -0.25) is 29.3 Å². The molecule has 17 nitrogen and oxygen atoms in total. The van der Waals surface area contributed by atoms with Gasteiger partial charge in [-0.2, -0.15) is 0 Å². The number of halogens is 3. The molecule has 6 N–H and O–H groups in total. The minimum Gasteiger partial charge on any atom is -0.406 e. The minimum absolute atomic E-state index is 0.0898. The van der Waals surface area contributed by atoms with Gasteiger partial charge in [0.15, 0.2) is 0 Å². The van der Waals surface area contributed by atoms with Crippen molar-refractivity contribution in [1.82, 2.24) is 29.9 Å². The number of morpholine rings is 2. The highest BCUT2D eigenvalue weighted by Crippen LogP contribution is 2.33. The predicted molar refractivity (Wildman–Crippen MR) is 273 cm³/mol. The summed E-state index contributed by atoms with van der Waals surface area (Å²) in [6.45, 7) is 6.55. The Balaban J connectivity index is 0.000000136. The molecule has 2 fully saturated rings. The molecule has 0 atom stereocenters. The average molecular weight is 1000 g/mol. The summed E-state index contributed by atoms with van der Waals surface area (Å²) in [6.07, 6.45) is 5.35. The zero-order chi connectivity index (χ0) is 51.8. The molecule has 20 heteroatoms. The van der Waals surface area contributed by atoms with Crippen LogP contribution in [0.5, 0.6) is 5.75 Å². The maximum Gasteiger partial charge on any atom is 0.573 e. The Morgan fingerprint density at radius 1 is 0.473 bits per heavy atom. The minimum atomic E-state index is -4.75. The van der Waals surface area contributed by atoms with E-state index in [-0.39, 0.29) is 22.8 Å². The van der Waals surface area contributed by atoms with Gasteiger partial charge >= 0.3 is 6.36 Å². The van der Waals surface area contributed by atoms with Crippen LogP contribution in [0.3, 0.4) is 0 Å². The SMILES string of the molecule is NC(=O)c1ccc2cncc(-c3ccc(N4CCOCC4)cc3)c2n1.NC(=O)c1ccc2cncc(-c3ccc(OC(F)(F)F)cc3)c2n1.NC(=O)c1ccc2cncc(-c3cccc(N4CCOCC4)c3)c2n1. The van der Waals surface area contributed by atoms with Crippen molar-refractivity contribution in [2.24, 2.45) is 17.2 Å². The first-order valence-electron chi connectivity index (χ1n) is 23.1. The number of benzene rings is 3. The highest BCUT2D eigenvalue weighted by molar-refractivity contribution is 6.00. The molecule has 0 saturated carbocycles. The van der Waals surface area contributed by atoms with E-state index < -0.39 is 24.1 Å². The van der Waals surface area contributed by atoms with Crippen molar-refractivity contribution in [3.05, 3.63) is 163 Å². The Labute approximate surface area is 420 Å². The maximum atomic E-state index is 12.2. The van der Waals surface area contributed by atoms with Crippen molar-refractivity contribution in [1.29, 1.82) is 0 Å². The van der Waals surface area contributed by atoms with Crippen molar-refractivity contribution < 1.29 is 41.8 Å². The van der Waals surface area contributed by atoms with Gasteiger partial charge in [0.05, 0.1) is 43.0 Å². The van der Waals surface area contributed by atoms with E-state index in [1.807, 2.05) is 24.3 Å². The number of carbonyl (C=O) groups is 3. The summed E-state index contributed by atoms with van der Waals surface area (Å²) < 4.78 is 51.3. The summed E-state index contributed by atoms with van der Waals surface area (Å²) in [4.78, 5) is 64.6. The van der Waals surface area contributed by atoms with E-state index in [0.29, 0.717) is 22.0 Å². The average Bonchev–Trinajstić information content (AvgIpc) is 3.42. The molecular formula is C54H46F3N11O6. The number of primary amides is 3. The molecule has 0 unspecified atom stereocenters. The lowest BCUT2D eigenvalue weighted by Crippen LogP contribution is -2.36. The number of fused-ring (bicyclic) bond motifs is 3. The second kappa shape index (κ2) is 22.1. The van der Waals surface area contributed by atoms with Gasteiger partial charge in [0.25, 0.3) is 17.7 Å². The highest BCUT2D eigenvalue weighted by Gasteiger charge is 2.31. The van der Waals surface area contributed by atoms with E-state index in [2.05, 4.69) is 80.8 Å². The van der Waals surface area contributed by atoms with Crippen molar-refractivity contribution in [3.8, 4) is 39.1 Å². The molecule has 74 heavy (non-hydrogen) atoms. The molecule has 0 spiro atoms. The normalized spacial score (nSPS) is 13.6. The first-order chi connectivity index (χ1) is 35.8. The number of pyridine rings is 6. The zero-order valence-corrected chi connectivity index (χ0v) is 39.4. The van der Waals surface area contributed by atoms with Crippen LogP contribution < -0.4 is 31.7 Å². The molecule has 2 saturated heterocycles. The van der Waals surface area contributed by atoms with Gasteiger partial charge in [-0.25, -0.2) is 15.0 Å². The van der Waals surface area contributed by atoms with Crippen molar-refractivity contribution in [2.75, 3.05) is 62.4 Å². The Morgan fingerprint density at radius 2 is 0.865 bits per heavy atom. The van der Waals surface area contributed by atoms with E-state index in [1.165, 1.54) is 42.2 Å². The number of nitrogens with two attached hydrogens (primary N) is 3. The van der Waals surface area contributed by atoms with Crippen LogP contribution in [0, 0.1) is 0 Å². The van der Waals surface area contributed by atoms with Crippen LogP contribution in [0.25, 0.3) is 66.1 Å². The fraction of sp³-hybridized carbons (Fsp3) is 0.167. The van der Waals surface area contributed by atoms with Crippen LogP contribution in [0.2, 0.25) is 0 Å². The summed E-state index contributed by atoms with van der Waals surface area (Å²) in [6, 6.07) is 31.9. The number of nitrogens with zero attached hydrogens (tertiary/aromatic N) is 8. The summed E-state index contributed by atoms with van der Waals surface area (Å²) in [5.74, 6) is -2.07. The quantitative estimate of drug-likeness (QED) is 0.125. The summed E-state index contributed by atoms with van der Waals surface area (Å²) >= 11 is 0. The molecule has 2 aliphatic heterocycles. The number of ether oxygens (including phenoxy) is 3. The lowest BCUT2D eigenvalue weighted by atomic mass is 10.0. The third kappa shape index (κ3) is 11.8. The molecule has 3 aromatic carbocycles. The summed E-state index contributed by atoms with van der Waals surface area (Å²) in [5, 5.41) is 2.42. The zero-order valence-electron chi connectivity index (χ0n) is 39.4. The molecule has 0 aliphatic carbocycles. The fourth-order valence-corrected chi connectivity index (χ4v) is 8.38. The van der Waals surface area contributed by atoms with Crippen LogP contribution in [0.1, 0.15) is 31.5 Å². The smallest absolute Gasteiger partial charge is 0.406 e. The van der Waals surface area contributed by atoms with E-state index in [9.17, 15) is 27.6 Å². The molecule has 9 aromatic rings. The number of amides is 3. The van der Waals surface area contributed by atoms with Crippen LogP contribution in [0.15, 0.2) is 146 Å². The molecule has 374 valence electrons. The third-order valence-electron chi connectivity index (χ3n) is 12.0. The second-order valence-corrected chi connectivity index (χ2v) is 16.8. The number of aromatic nitrogens is 6. The Morgan fingerprint density at radius 3 is 1.27 bits per heavy atom. The van der Waals surface area contributed by atoms with Gasteiger partial charge in [0, 0.05) is 108 Å². The number of hydrogen-bond donors (Lipinski definition) is 3. The number of rotatable bonds is 9.